The summed E-state index contributed by atoms with van der Waals surface area (Å²) >= 11 is 3.37. The molecule has 0 saturated heterocycles. The molecule has 0 atom stereocenters. The molecule has 3 rings (SSSR count). The second-order valence-electron chi connectivity index (χ2n) is 4.40. The van der Waals surface area contributed by atoms with Gasteiger partial charge in [-0.25, -0.2) is 9.97 Å². The van der Waals surface area contributed by atoms with Crippen molar-refractivity contribution < 1.29 is 0 Å². The quantitative estimate of drug-likeness (QED) is 0.846. The molecule has 2 N–H and O–H groups in total. The minimum atomic E-state index is 0.644. The molecule has 98 valence electrons. The molecule has 0 aliphatic carbocycles. The van der Waals surface area contributed by atoms with Crippen LogP contribution in [0.15, 0.2) is 29.3 Å². The summed E-state index contributed by atoms with van der Waals surface area (Å²) in [6.45, 7) is 2.53. The maximum absolute atomic E-state index is 4.44. The lowest BCUT2D eigenvalue weighted by Gasteiger charge is -2.19. The molecule has 0 bridgehead atoms. The normalized spacial score (nSPS) is 13.9. The van der Waals surface area contributed by atoms with Crippen molar-refractivity contribution >= 4 is 21.7 Å². The topological polar surface area (TPSA) is 62.7 Å². The average Bonchev–Trinajstić information content (AvgIpc) is 2.45. The minimum absolute atomic E-state index is 0.644. The molecule has 0 amide bonds. The van der Waals surface area contributed by atoms with Gasteiger partial charge in [0.25, 0.3) is 0 Å². The highest BCUT2D eigenvalue weighted by molar-refractivity contribution is 9.10. The van der Waals surface area contributed by atoms with E-state index < -0.39 is 0 Å². The SMILES string of the molecule is Brc1nc2c(c(NCc3ccncc3)n1)CNCC2. The highest BCUT2D eigenvalue weighted by Crippen LogP contribution is 2.22. The number of anilines is 1. The van der Waals surface area contributed by atoms with Crippen LogP contribution in [0.1, 0.15) is 16.8 Å². The molecule has 5 nitrogen and oxygen atoms in total. The molecule has 2 aromatic rings. The number of aromatic nitrogens is 3. The van der Waals surface area contributed by atoms with Crippen molar-refractivity contribution in [2.24, 2.45) is 0 Å². The third kappa shape index (κ3) is 2.90. The fraction of sp³-hybridized carbons (Fsp3) is 0.308. The molecule has 0 spiro atoms. The van der Waals surface area contributed by atoms with Crippen molar-refractivity contribution in [3.63, 3.8) is 0 Å². The zero-order chi connectivity index (χ0) is 13.1. The largest absolute Gasteiger partial charge is 0.366 e. The number of fused-ring (bicyclic) bond motifs is 1. The maximum Gasteiger partial charge on any atom is 0.198 e. The number of hydrogen-bond acceptors (Lipinski definition) is 5. The van der Waals surface area contributed by atoms with Gasteiger partial charge in [-0.05, 0) is 33.6 Å². The van der Waals surface area contributed by atoms with Gasteiger partial charge in [-0.1, -0.05) is 0 Å². The lowest BCUT2D eigenvalue weighted by atomic mass is 10.1. The smallest absolute Gasteiger partial charge is 0.198 e. The van der Waals surface area contributed by atoms with Crippen LogP contribution in [0.5, 0.6) is 0 Å². The number of nitrogens with zero attached hydrogens (tertiary/aromatic N) is 3. The van der Waals surface area contributed by atoms with Gasteiger partial charge in [-0.2, -0.15) is 0 Å². The zero-order valence-electron chi connectivity index (χ0n) is 10.4. The van der Waals surface area contributed by atoms with Gasteiger partial charge in [-0.15, -0.1) is 0 Å². The van der Waals surface area contributed by atoms with Gasteiger partial charge in [0.1, 0.15) is 5.82 Å². The van der Waals surface area contributed by atoms with Crippen LogP contribution < -0.4 is 10.6 Å². The Kier molecular flexibility index (Phi) is 3.70. The van der Waals surface area contributed by atoms with Gasteiger partial charge in [0.2, 0.25) is 0 Å². The molecular weight excluding hydrogens is 306 g/mol. The van der Waals surface area contributed by atoms with Gasteiger partial charge in [0, 0.05) is 44.0 Å². The molecule has 3 heterocycles. The Balaban J connectivity index is 1.82. The molecule has 1 aliphatic rings. The summed E-state index contributed by atoms with van der Waals surface area (Å²) < 4.78 is 0.644. The van der Waals surface area contributed by atoms with Crippen molar-refractivity contribution in [2.75, 3.05) is 11.9 Å². The number of rotatable bonds is 3. The monoisotopic (exact) mass is 319 g/mol. The molecule has 0 fully saturated rings. The number of halogens is 1. The average molecular weight is 320 g/mol. The summed E-state index contributed by atoms with van der Waals surface area (Å²) in [5.41, 5.74) is 3.48. The molecule has 0 saturated carbocycles. The van der Waals surface area contributed by atoms with Crippen LogP contribution in [-0.4, -0.2) is 21.5 Å². The lowest BCUT2D eigenvalue weighted by molar-refractivity contribution is 0.625. The van der Waals surface area contributed by atoms with Crippen LogP contribution in [0.3, 0.4) is 0 Å². The molecule has 6 heteroatoms. The molecule has 0 aromatic carbocycles. The van der Waals surface area contributed by atoms with Crippen LogP contribution in [0.4, 0.5) is 5.82 Å². The highest BCUT2D eigenvalue weighted by Gasteiger charge is 2.16. The second-order valence-corrected chi connectivity index (χ2v) is 5.11. The molecule has 19 heavy (non-hydrogen) atoms. The van der Waals surface area contributed by atoms with E-state index in [0.29, 0.717) is 4.73 Å². The summed E-state index contributed by atoms with van der Waals surface area (Å²) in [6, 6.07) is 3.99. The predicted octanol–water partition coefficient (Wildman–Crippen LogP) is 1.89. The van der Waals surface area contributed by atoms with Gasteiger partial charge < -0.3 is 10.6 Å². The van der Waals surface area contributed by atoms with Crippen molar-refractivity contribution in [2.45, 2.75) is 19.5 Å². The summed E-state index contributed by atoms with van der Waals surface area (Å²) in [5, 5.41) is 6.73. The van der Waals surface area contributed by atoms with Crippen LogP contribution in [0, 0.1) is 0 Å². The Labute approximate surface area is 120 Å². The van der Waals surface area contributed by atoms with Crippen molar-refractivity contribution in [1.29, 1.82) is 0 Å². The van der Waals surface area contributed by atoms with Crippen LogP contribution in [0.25, 0.3) is 0 Å². The second kappa shape index (κ2) is 5.63. The van der Waals surface area contributed by atoms with E-state index >= 15 is 0 Å². The van der Waals surface area contributed by atoms with E-state index in [2.05, 4.69) is 41.5 Å². The first-order valence-electron chi connectivity index (χ1n) is 6.22. The van der Waals surface area contributed by atoms with E-state index in [1.54, 1.807) is 12.4 Å². The number of hydrogen-bond donors (Lipinski definition) is 2. The Bertz CT molecular complexity index is 573. The van der Waals surface area contributed by atoms with E-state index in [-0.39, 0.29) is 0 Å². The summed E-state index contributed by atoms with van der Waals surface area (Å²) in [5.74, 6) is 0.904. The van der Waals surface area contributed by atoms with Crippen LogP contribution >= 0.6 is 15.9 Å². The van der Waals surface area contributed by atoms with Gasteiger partial charge in [0.15, 0.2) is 4.73 Å². The molecule has 1 aliphatic heterocycles. The Hall–Kier alpha value is -1.53. The Morgan fingerprint density at radius 3 is 2.95 bits per heavy atom. The zero-order valence-corrected chi connectivity index (χ0v) is 11.9. The van der Waals surface area contributed by atoms with E-state index in [4.69, 9.17) is 0 Å². The Morgan fingerprint density at radius 1 is 1.26 bits per heavy atom. The van der Waals surface area contributed by atoms with Crippen molar-refractivity contribution in [3.05, 3.63) is 46.1 Å². The maximum atomic E-state index is 4.44. The standard InChI is InChI=1S/C13H14BrN5/c14-13-18-11-3-6-16-8-10(11)12(19-13)17-7-9-1-4-15-5-2-9/h1-2,4-5,16H,3,6-8H2,(H,17,18,19). The predicted molar refractivity (Wildman–Crippen MR) is 76.7 cm³/mol. The molecule has 0 radical (unpaired) electrons. The molecular formula is C13H14BrN5. The van der Waals surface area contributed by atoms with Gasteiger partial charge in [-0.3, -0.25) is 4.98 Å². The van der Waals surface area contributed by atoms with E-state index in [1.807, 2.05) is 12.1 Å². The third-order valence-corrected chi connectivity index (χ3v) is 3.47. The Morgan fingerprint density at radius 2 is 2.11 bits per heavy atom. The third-order valence-electron chi connectivity index (χ3n) is 3.12. The highest BCUT2D eigenvalue weighted by atomic mass is 79.9. The number of nitrogens with one attached hydrogen (secondary N) is 2. The van der Waals surface area contributed by atoms with E-state index in [1.165, 1.54) is 11.1 Å². The summed E-state index contributed by atoms with van der Waals surface area (Å²) in [6.07, 6.45) is 4.54. The minimum Gasteiger partial charge on any atom is -0.366 e. The van der Waals surface area contributed by atoms with Crippen LogP contribution in [-0.2, 0) is 19.5 Å². The first-order chi connectivity index (χ1) is 9.33. The fourth-order valence-corrected chi connectivity index (χ4v) is 2.54. The van der Waals surface area contributed by atoms with Crippen molar-refractivity contribution in [3.8, 4) is 0 Å². The fourth-order valence-electron chi connectivity index (χ4n) is 2.15. The number of pyridine rings is 1. The molecule has 2 aromatic heterocycles. The summed E-state index contributed by atoms with van der Waals surface area (Å²) in [4.78, 5) is 12.9. The van der Waals surface area contributed by atoms with Crippen LogP contribution in [0.2, 0.25) is 0 Å². The first-order valence-corrected chi connectivity index (χ1v) is 7.01. The first kappa shape index (κ1) is 12.5. The van der Waals surface area contributed by atoms with Gasteiger partial charge >= 0.3 is 0 Å². The van der Waals surface area contributed by atoms with Crippen molar-refractivity contribution in [1.82, 2.24) is 20.3 Å². The van der Waals surface area contributed by atoms with E-state index in [0.717, 1.165) is 37.6 Å². The molecule has 0 unspecified atom stereocenters. The van der Waals surface area contributed by atoms with Gasteiger partial charge in [0.05, 0.1) is 5.69 Å². The lowest BCUT2D eigenvalue weighted by Crippen LogP contribution is -2.26. The summed E-state index contributed by atoms with van der Waals surface area (Å²) in [7, 11) is 0. The van der Waals surface area contributed by atoms with E-state index in [9.17, 15) is 0 Å².